The number of oxazole rings is 1. The van der Waals surface area contributed by atoms with Crippen LogP contribution in [0.5, 0.6) is 0 Å². The molecule has 118 valence electrons. The molecule has 0 saturated carbocycles. The minimum absolute atomic E-state index is 0.109. The predicted octanol–water partition coefficient (Wildman–Crippen LogP) is 2.17. The second-order valence-electron chi connectivity index (χ2n) is 4.03. The number of thioether (sulfide) groups is 1. The van der Waals surface area contributed by atoms with E-state index in [0.29, 0.717) is 10.9 Å². The average molecular weight is 329 g/mol. The molecule has 7 nitrogen and oxygen atoms in total. The number of hydrogen-bond donors (Lipinski definition) is 3. The molecular weight excluding hydrogens is 316 g/mol. The second kappa shape index (κ2) is 7.20. The first-order valence-electron chi connectivity index (χ1n) is 6.02. The largest absolute Gasteiger partial charge is 0.448 e. The Kier molecular flexibility index (Phi) is 5.31. The Balaban J connectivity index is 2.35. The van der Waals surface area contributed by atoms with Crippen LogP contribution in [-0.4, -0.2) is 11.0 Å². The molecule has 0 radical (unpaired) electrons. The van der Waals surface area contributed by atoms with Crippen molar-refractivity contribution in [2.45, 2.75) is 17.1 Å². The van der Waals surface area contributed by atoms with Gasteiger partial charge in [-0.2, -0.15) is 0 Å². The van der Waals surface area contributed by atoms with E-state index in [2.05, 4.69) is 4.98 Å². The molecule has 2 rings (SSSR count). The van der Waals surface area contributed by atoms with Crippen LogP contribution < -0.4 is 22.1 Å². The highest BCUT2D eigenvalue weighted by Gasteiger charge is 2.22. The molecule has 0 spiro atoms. The summed E-state index contributed by atoms with van der Waals surface area (Å²) in [6, 6.07) is 3.26. The molecule has 22 heavy (non-hydrogen) atoms. The van der Waals surface area contributed by atoms with E-state index in [0.717, 1.165) is 11.8 Å². The number of hydrazine groups is 2. The van der Waals surface area contributed by atoms with Crippen LogP contribution in [0.1, 0.15) is 17.9 Å². The van der Waals surface area contributed by atoms with Gasteiger partial charge in [-0.25, -0.2) is 35.3 Å². The number of carbonyl (C=O) groups is 1. The number of anilines is 1. The Labute approximate surface area is 128 Å². The van der Waals surface area contributed by atoms with Crippen molar-refractivity contribution < 1.29 is 18.0 Å². The lowest BCUT2D eigenvalue weighted by atomic mass is 10.2. The fourth-order valence-electron chi connectivity index (χ4n) is 1.70. The summed E-state index contributed by atoms with van der Waals surface area (Å²) in [6.07, 6.45) is 0.112. The zero-order chi connectivity index (χ0) is 16.1. The molecule has 2 amide bonds. The van der Waals surface area contributed by atoms with Gasteiger partial charge >= 0.3 is 6.03 Å². The van der Waals surface area contributed by atoms with Gasteiger partial charge in [-0.15, -0.1) is 11.8 Å². The SMILES string of the molecule is NNC(=O)N(N)c1cccc(C(F)F)c1SCc1ncco1. The van der Waals surface area contributed by atoms with Crippen molar-refractivity contribution in [1.82, 2.24) is 10.4 Å². The maximum absolute atomic E-state index is 13.2. The number of carbonyl (C=O) groups excluding carboxylic acids is 1. The standard InChI is InChI=1S/C12H13F2N5O2S/c13-11(14)7-2-1-3-8(19(16)12(20)18-15)10(7)22-6-9-17-4-5-21-9/h1-5,11H,6,15-16H2,(H,18,20). The summed E-state index contributed by atoms with van der Waals surface area (Å²) in [6.45, 7) is 0. The van der Waals surface area contributed by atoms with E-state index < -0.39 is 12.5 Å². The fraction of sp³-hybridized carbons (Fsp3) is 0.167. The van der Waals surface area contributed by atoms with Gasteiger partial charge in [0.15, 0.2) is 0 Å². The third kappa shape index (κ3) is 3.53. The molecule has 0 aliphatic carbocycles. The van der Waals surface area contributed by atoms with Gasteiger partial charge in [-0.1, -0.05) is 12.1 Å². The molecule has 0 saturated heterocycles. The van der Waals surface area contributed by atoms with Crippen LogP contribution >= 0.6 is 11.8 Å². The van der Waals surface area contributed by atoms with Crippen LogP contribution in [-0.2, 0) is 5.75 Å². The molecule has 2 aromatic rings. The minimum atomic E-state index is -2.72. The number of alkyl halides is 2. The summed E-state index contributed by atoms with van der Waals surface area (Å²) in [5.41, 5.74) is 1.71. The Hall–Kier alpha value is -2.17. The normalized spacial score (nSPS) is 10.8. The van der Waals surface area contributed by atoms with Gasteiger partial charge in [0, 0.05) is 10.5 Å². The molecule has 0 aliphatic heterocycles. The van der Waals surface area contributed by atoms with Gasteiger partial charge in [-0.05, 0) is 6.07 Å². The number of rotatable bonds is 5. The van der Waals surface area contributed by atoms with E-state index in [4.69, 9.17) is 16.1 Å². The number of nitrogens with two attached hydrogens (primary N) is 2. The summed E-state index contributed by atoms with van der Waals surface area (Å²) in [4.78, 5) is 15.6. The number of benzene rings is 1. The molecule has 10 heteroatoms. The lowest BCUT2D eigenvalue weighted by Gasteiger charge is -2.20. The van der Waals surface area contributed by atoms with Crippen LogP contribution in [0.15, 0.2) is 40.0 Å². The van der Waals surface area contributed by atoms with Crippen LogP contribution in [0.4, 0.5) is 19.3 Å². The monoisotopic (exact) mass is 329 g/mol. The molecule has 0 atom stereocenters. The molecule has 1 aromatic heterocycles. The number of urea groups is 1. The van der Waals surface area contributed by atoms with Crippen LogP contribution in [0.3, 0.4) is 0 Å². The van der Waals surface area contributed by atoms with Gasteiger partial charge in [0.1, 0.15) is 6.26 Å². The zero-order valence-electron chi connectivity index (χ0n) is 11.2. The van der Waals surface area contributed by atoms with Gasteiger partial charge in [-0.3, -0.25) is 5.43 Å². The minimum Gasteiger partial charge on any atom is -0.448 e. The summed E-state index contributed by atoms with van der Waals surface area (Å²) in [7, 11) is 0. The Morgan fingerprint density at radius 3 is 2.86 bits per heavy atom. The fourth-order valence-corrected chi connectivity index (χ4v) is 2.75. The van der Waals surface area contributed by atoms with E-state index in [1.807, 2.05) is 5.43 Å². The number of halogens is 2. The quantitative estimate of drug-likeness (QED) is 0.335. The Morgan fingerprint density at radius 2 is 2.27 bits per heavy atom. The number of nitrogens with one attached hydrogen (secondary N) is 1. The highest BCUT2D eigenvalue weighted by atomic mass is 32.2. The first kappa shape index (κ1) is 16.2. The van der Waals surface area contributed by atoms with Gasteiger partial charge < -0.3 is 4.42 Å². The van der Waals surface area contributed by atoms with Crippen molar-refractivity contribution in [3.8, 4) is 0 Å². The van der Waals surface area contributed by atoms with Crippen LogP contribution in [0.25, 0.3) is 0 Å². The number of amides is 2. The van der Waals surface area contributed by atoms with Gasteiger partial charge in [0.2, 0.25) is 5.89 Å². The van der Waals surface area contributed by atoms with Crippen LogP contribution in [0.2, 0.25) is 0 Å². The van der Waals surface area contributed by atoms with Crippen molar-refractivity contribution >= 4 is 23.5 Å². The summed E-state index contributed by atoms with van der Waals surface area (Å²) in [5.74, 6) is 11.2. The van der Waals surface area contributed by atoms with Crippen molar-refractivity contribution in [2.24, 2.45) is 11.7 Å². The Bertz CT molecular complexity index is 638. The van der Waals surface area contributed by atoms with Crippen molar-refractivity contribution in [1.29, 1.82) is 0 Å². The summed E-state index contributed by atoms with van der Waals surface area (Å²) < 4.78 is 31.4. The van der Waals surface area contributed by atoms with E-state index in [1.54, 1.807) is 0 Å². The lowest BCUT2D eigenvalue weighted by molar-refractivity contribution is 0.148. The maximum atomic E-state index is 13.2. The lowest BCUT2D eigenvalue weighted by Crippen LogP contribution is -2.47. The molecule has 1 heterocycles. The van der Waals surface area contributed by atoms with Gasteiger partial charge in [0.25, 0.3) is 6.43 Å². The highest BCUT2D eigenvalue weighted by Crippen LogP contribution is 2.38. The molecule has 0 bridgehead atoms. The second-order valence-corrected chi connectivity index (χ2v) is 5.02. The average Bonchev–Trinajstić information content (AvgIpc) is 3.04. The third-order valence-electron chi connectivity index (χ3n) is 2.69. The maximum Gasteiger partial charge on any atom is 0.350 e. The highest BCUT2D eigenvalue weighted by molar-refractivity contribution is 7.98. The molecule has 0 fully saturated rings. The smallest absolute Gasteiger partial charge is 0.350 e. The summed E-state index contributed by atoms with van der Waals surface area (Å²) >= 11 is 1.04. The topological polar surface area (TPSA) is 110 Å². The van der Waals surface area contributed by atoms with E-state index in [1.165, 1.54) is 30.7 Å². The molecule has 5 N–H and O–H groups in total. The van der Waals surface area contributed by atoms with Crippen LogP contribution in [0, 0.1) is 0 Å². The van der Waals surface area contributed by atoms with Gasteiger partial charge in [0.05, 0.1) is 17.6 Å². The predicted molar refractivity (Wildman–Crippen MR) is 76.8 cm³/mol. The molecular formula is C12H13F2N5O2S. The molecule has 0 unspecified atom stereocenters. The Morgan fingerprint density at radius 1 is 1.50 bits per heavy atom. The van der Waals surface area contributed by atoms with E-state index in [-0.39, 0.29) is 21.9 Å². The van der Waals surface area contributed by atoms with E-state index >= 15 is 0 Å². The zero-order valence-corrected chi connectivity index (χ0v) is 12.0. The number of hydrogen-bond acceptors (Lipinski definition) is 6. The number of nitrogens with zero attached hydrogens (tertiary/aromatic N) is 2. The van der Waals surface area contributed by atoms with Crippen molar-refractivity contribution in [3.05, 3.63) is 42.1 Å². The van der Waals surface area contributed by atoms with Crippen molar-refractivity contribution in [3.63, 3.8) is 0 Å². The van der Waals surface area contributed by atoms with Crippen molar-refractivity contribution in [2.75, 3.05) is 5.01 Å². The summed E-state index contributed by atoms with van der Waals surface area (Å²) in [5, 5.41) is 0.670. The molecule has 0 aliphatic rings. The third-order valence-corrected chi connectivity index (χ3v) is 3.81. The number of aromatic nitrogens is 1. The first-order chi connectivity index (χ1) is 10.5. The first-order valence-corrected chi connectivity index (χ1v) is 7.00. The van der Waals surface area contributed by atoms with E-state index in [9.17, 15) is 13.6 Å². The molecule has 1 aromatic carbocycles.